The summed E-state index contributed by atoms with van der Waals surface area (Å²) in [6, 6.07) is 14.1. The van der Waals surface area contributed by atoms with Crippen LogP contribution in [0.25, 0.3) is 11.1 Å². The molecule has 0 aliphatic heterocycles. The number of rotatable bonds is 11. The lowest BCUT2D eigenvalue weighted by Crippen LogP contribution is -2.51. The smallest absolute Gasteiger partial charge is 0.407 e. The van der Waals surface area contributed by atoms with Crippen molar-refractivity contribution >= 4 is 18.0 Å². The number of nitrogens with one attached hydrogen (secondary N) is 2. The Morgan fingerprint density at radius 2 is 1.58 bits per heavy atom. The van der Waals surface area contributed by atoms with Crippen LogP contribution in [0.2, 0.25) is 0 Å². The summed E-state index contributed by atoms with van der Waals surface area (Å²) in [5, 5.41) is 14.3. The number of fused-ring (bicyclic) bond motifs is 3. The van der Waals surface area contributed by atoms with Gasteiger partial charge in [0.2, 0.25) is 5.91 Å². The first-order valence-corrected chi connectivity index (χ1v) is 11.1. The van der Waals surface area contributed by atoms with Crippen LogP contribution in [-0.2, 0) is 19.1 Å². The number of carbonyl (C=O) groups excluding carboxylic acids is 2. The molecule has 0 bridgehead atoms. The van der Waals surface area contributed by atoms with E-state index in [-0.39, 0.29) is 18.9 Å². The molecule has 1 aliphatic rings. The fraction of sp³-hybridized carbons (Fsp3) is 0.400. The van der Waals surface area contributed by atoms with Crippen LogP contribution in [0, 0.1) is 0 Å². The summed E-state index contributed by atoms with van der Waals surface area (Å²) in [5.74, 6) is -1.78. The second-order valence-electron chi connectivity index (χ2n) is 7.97. The van der Waals surface area contributed by atoms with E-state index in [0.29, 0.717) is 19.4 Å². The fourth-order valence-corrected chi connectivity index (χ4v) is 4.09. The molecular weight excluding hydrogens is 424 g/mol. The molecule has 1 aliphatic carbocycles. The van der Waals surface area contributed by atoms with Gasteiger partial charge < -0.3 is 25.2 Å². The molecule has 2 aromatic rings. The van der Waals surface area contributed by atoms with E-state index in [9.17, 15) is 19.5 Å². The minimum absolute atomic E-state index is 0.0969. The number of ether oxygens (including phenoxy) is 2. The molecule has 2 atom stereocenters. The average Bonchev–Trinajstić information content (AvgIpc) is 3.14. The van der Waals surface area contributed by atoms with Crippen molar-refractivity contribution in [1.82, 2.24) is 10.6 Å². The number of carboxylic acids is 1. The summed E-state index contributed by atoms with van der Waals surface area (Å²) in [7, 11) is 1.55. The monoisotopic (exact) mass is 454 g/mol. The Morgan fingerprint density at radius 3 is 2.12 bits per heavy atom. The third-order valence-electron chi connectivity index (χ3n) is 5.82. The summed E-state index contributed by atoms with van der Waals surface area (Å²) in [4.78, 5) is 36.5. The van der Waals surface area contributed by atoms with E-state index < -0.39 is 30.1 Å². The summed E-state index contributed by atoms with van der Waals surface area (Å²) in [5.41, 5.74) is 4.43. The van der Waals surface area contributed by atoms with E-state index in [2.05, 4.69) is 22.8 Å². The van der Waals surface area contributed by atoms with Gasteiger partial charge in [0.05, 0.1) is 0 Å². The van der Waals surface area contributed by atoms with E-state index in [1.807, 2.05) is 36.4 Å². The molecule has 0 aromatic heterocycles. The molecule has 0 heterocycles. The molecule has 0 spiro atoms. The molecule has 8 heteroatoms. The van der Waals surface area contributed by atoms with Crippen molar-refractivity contribution < 1.29 is 29.0 Å². The van der Waals surface area contributed by atoms with Crippen LogP contribution in [0.5, 0.6) is 0 Å². The molecule has 2 amide bonds. The molecule has 33 heavy (non-hydrogen) atoms. The predicted molar refractivity (Wildman–Crippen MR) is 123 cm³/mol. The summed E-state index contributed by atoms with van der Waals surface area (Å²) < 4.78 is 10.6. The van der Waals surface area contributed by atoms with Crippen molar-refractivity contribution in [3.63, 3.8) is 0 Å². The Kier molecular flexibility index (Phi) is 8.43. The zero-order valence-corrected chi connectivity index (χ0v) is 18.9. The van der Waals surface area contributed by atoms with Crippen LogP contribution < -0.4 is 10.6 Å². The quantitative estimate of drug-likeness (QED) is 0.449. The Hall–Kier alpha value is -3.39. The molecule has 0 radical (unpaired) electrons. The normalized spacial score (nSPS) is 14.0. The number of carbonyl (C=O) groups is 3. The molecule has 1 unspecified atom stereocenters. The topological polar surface area (TPSA) is 114 Å². The van der Waals surface area contributed by atoms with Crippen molar-refractivity contribution in [3.05, 3.63) is 59.7 Å². The third-order valence-corrected chi connectivity index (χ3v) is 5.82. The third kappa shape index (κ3) is 5.90. The molecule has 3 rings (SSSR count). The van der Waals surface area contributed by atoms with Crippen molar-refractivity contribution in [1.29, 1.82) is 0 Å². The van der Waals surface area contributed by atoms with Crippen LogP contribution in [0.1, 0.15) is 43.2 Å². The van der Waals surface area contributed by atoms with Gasteiger partial charge in [0.25, 0.3) is 0 Å². The Balaban J connectivity index is 1.65. The lowest BCUT2D eigenvalue weighted by molar-refractivity contribution is -0.142. The first-order chi connectivity index (χ1) is 16.0. The number of hydrogen-bond donors (Lipinski definition) is 3. The average molecular weight is 455 g/mol. The largest absolute Gasteiger partial charge is 0.480 e. The number of hydrogen-bond acceptors (Lipinski definition) is 5. The second-order valence-corrected chi connectivity index (χ2v) is 7.97. The highest BCUT2D eigenvalue weighted by Gasteiger charge is 2.30. The Bertz CT molecular complexity index is 947. The molecule has 0 saturated heterocycles. The van der Waals surface area contributed by atoms with Gasteiger partial charge in [-0.25, -0.2) is 9.59 Å². The second kappa shape index (κ2) is 11.5. The van der Waals surface area contributed by atoms with Gasteiger partial charge in [-0.3, -0.25) is 4.79 Å². The highest BCUT2D eigenvalue weighted by Crippen LogP contribution is 2.44. The van der Waals surface area contributed by atoms with E-state index in [1.54, 1.807) is 14.0 Å². The summed E-state index contributed by atoms with van der Waals surface area (Å²) in [6.45, 7) is 2.20. The standard InChI is InChI=1S/C25H30N2O6/c1-3-21(24(29)30)26-23(28)22(13-8-14-32-2)27-25(31)33-15-20-18-11-6-4-9-16(18)17-10-5-7-12-19(17)20/h4-7,9-12,20-22H,3,8,13-15H2,1-2H3,(H,26,28)(H,27,31)(H,29,30)/t21-,22?/m1/s1. The van der Waals surface area contributed by atoms with Gasteiger partial charge in [-0.2, -0.15) is 0 Å². The van der Waals surface area contributed by atoms with E-state index >= 15 is 0 Å². The van der Waals surface area contributed by atoms with Gasteiger partial charge in [-0.15, -0.1) is 0 Å². The maximum atomic E-state index is 12.6. The maximum Gasteiger partial charge on any atom is 0.407 e. The van der Waals surface area contributed by atoms with Gasteiger partial charge in [-0.05, 0) is 41.5 Å². The van der Waals surface area contributed by atoms with Crippen LogP contribution in [0.15, 0.2) is 48.5 Å². The first-order valence-electron chi connectivity index (χ1n) is 11.1. The number of benzene rings is 2. The predicted octanol–water partition coefficient (Wildman–Crippen LogP) is 3.30. The van der Waals surface area contributed by atoms with Gasteiger partial charge in [0.15, 0.2) is 0 Å². The van der Waals surface area contributed by atoms with Crippen molar-refractivity contribution in [2.24, 2.45) is 0 Å². The highest BCUT2D eigenvalue weighted by molar-refractivity contribution is 5.89. The summed E-state index contributed by atoms with van der Waals surface area (Å²) in [6.07, 6.45) is 0.316. The first kappa shape index (κ1) is 24.3. The molecule has 176 valence electrons. The number of carboxylic acid groups (broad SMARTS) is 1. The van der Waals surface area contributed by atoms with E-state index in [1.165, 1.54) is 0 Å². The van der Waals surface area contributed by atoms with Crippen molar-refractivity contribution in [2.45, 2.75) is 44.2 Å². The number of methoxy groups -OCH3 is 1. The molecule has 3 N–H and O–H groups in total. The number of alkyl carbamates (subject to hydrolysis) is 1. The molecule has 2 aromatic carbocycles. The van der Waals surface area contributed by atoms with Crippen LogP contribution in [0.4, 0.5) is 4.79 Å². The summed E-state index contributed by atoms with van der Waals surface area (Å²) >= 11 is 0. The zero-order valence-electron chi connectivity index (χ0n) is 18.9. The SMILES string of the molecule is CC[C@@H](NC(=O)C(CCCOC)NC(=O)OCC1c2ccccc2-c2ccccc21)C(=O)O. The van der Waals surface area contributed by atoms with Gasteiger partial charge in [0, 0.05) is 19.6 Å². The molecular formula is C25H30N2O6. The van der Waals surface area contributed by atoms with E-state index in [0.717, 1.165) is 22.3 Å². The number of aliphatic carboxylic acids is 1. The van der Waals surface area contributed by atoms with Gasteiger partial charge >= 0.3 is 12.1 Å². The lowest BCUT2D eigenvalue weighted by Gasteiger charge is -2.21. The lowest BCUT2D eigenvalue weighted by atomic mass is 9.98. The van der Waals surface area contributed by atoms with Crippen molar-refractivity contribution in [3.8, 4) is 11.1 Å². The Labute approximate surface area is 193 Å². The van der Waals surface area contributed by atoms with Gasteiger partial charge in [0.1, 0.15) is 18.7 Å². The maximum absolute atomic E-state index is 12.6. The van der Waals surface area contributed by atoms with E-state index in [4.69, 9.17) is 9.47 Å². The van der Waals surface area contributed by atoms with Crippen LogP contribution >= 0.6 is 0 Å². The number of amides is 2. The fourth-order valence-electron chi connectivity index (χ4n) is 4.09. The van der Waals surface area contributed by atoms with Crippen molar-refractivity contribution in [2.75, 3.05) is 20.3 Å². The van der Waals surface area contributed by atoms with Crippen LogP contribution in [-0.4, -0.2) is 55.5 Å². The zero-order chi connectivity index (χ0) is 23.8. The Morgan fingerprint density at radius 1 is 0.970 bits per heavy atom. The molecule has 8 nitrogen and oxygen atoms in total. The minimum Gasteiger partial charge on any atom is -0.480 e. The highest BCUT2D eigenvalue weighted by atomic mass is 16.5. The van der Waals surface area contributed by atoms with Gasteiger partial charge in [-0.1, -0.05) is 55.5 Å². The minimum atomic E-state index is -1.12. The molecule has 0 saturated carbocycles. The van der Waals surface area contributed by atoms with Crippen LogP contribution in [0.3, 0.4) is 0 Å². The molecule has 0 fully saturated rings.